The minimum Gasteiger partial charge on any atom is -0.481 e. The third-order valence-electron chi connectivity index (χ3n) is 10.6. The van der Waals surface area contributed by atoms with E-state index in [1.165, 1.54) is 0 Å². The smallest absolute Gasteiger partial charge is 0.306 e. The van der Waals surface area contributed by atoms with Gasteiger partial charge in [-0.25, -0.2) is 0 Å². The molecular formula is C25H38O3. The Hall–Kier alpha value is -1.12. The van der Waals surface area contributed by atoms with E-state index >= 15 is 0 Å². The van der Waals surface area contributed by atoms with Crippen LogP contribution in [-0.2, 0) is 9.59 Å². The summed E-state index contributed by atoms with van der Waals surface area (Å²) in [6.45, 7) is 13.5. The summed E-state index contributed by atoms with van der Waals surface area (Å²) in [6.07, 6.45) is 8.27. The van der Waals surface area contributed by atoms with E-state index in [-0.39, 0.29) is 33.5 Å². The SMILES string of the molecule is C[C@H](C(=O)O)[C@H]1CC[C@@]2(C)C3=C(CC[C@]12C)[C@@]1(C)CCC(=O)C(C)(C)[C@H]1CC3. The van der Waals surface area contributed by atoms with E-state index < -0.39 is 5.97 Å². The molecule has 0 spiro atoms. The molecule has 3 heteroatoms. The summed E-state index contributed by atoms with van der Waals surface area (Å²) < 4.78 is 0. The lowest BCUT2D eigenvalue weighted by Crippen LogP contribution is -2.54. The number of carboxylic acid groups (broad SMARTS) is 1. The Morgan fingerprint density at radius 3 is 2.29 bits per heavy atom. The molecule has 0 aromatic heterocycles. The van der Waals surface area contributed by atoms with Gasteiger partial charge in [-0.15, -0.1) is 0 Å². The summed E-state index contributed by atoms with van der Waals surface area (Å²) in [4.78, 5) is 24.5. The standard InChI is InChI=1S/C25H38O3/c1-15(21(27)28)16-9-13-25(6)18-7-8-19-22(2,3)20(26)11-12-23(19,4)17(18)10-14-24(16,25)5/h15-16,19H,7-14H2,1-6H3,(H,27,28)/t15-,16+,19+,23+,24+,25-/m0/s1. The van der Waals surface area contributed by atoms with Crippen LogP contribution in [0.25, 0.3) is 0 Å². The minimum absolute atomic E-state index is 0.0762. The summed E-state index contributed by atoms with van der Waals surface area (Å²) in [5.74, 6) is 0.245. The first kappa shape index (κ1) is 20.2. The Balaban J connectivity index is 1.78. The lowest BCUT2D eigenvalue weighted by molar-refractivity contribution is -0.145. The number of carbonyl (C=O) groups is 2. The monoisotopic (exact) mass is 386 g/mol. The molecule has 6 atom stereocenters. The maximum Gasteiger partial charge on any atom is 0.306 e. The zero-order valence-corrected chi connectivity index (χ0v) is 18.7. The largest absolute Gasteiger partial charge is 0.481 e. The third kappa shape index (κ3) is 2.28. The number of carbonyl (C=O) groups excluding carboxylic acids is 1. The Labute approximate surface area is 170 Å². The van der Waals surface area contributed by atoms with Crippen molar-refractivity contribution in [1.82, 2.24) is 0 Å². The zero-order chi connectivity index (χ0) is 20.7. The molecule has 4 aliphatic rings. The zero-order valence-electron chi connectivity index (χ0n) is 18.7. The highest BCUT2D eigenvalue weighted by Gasteiger charge is 2.63. The van der Waals surface area contributed by atoms with E-state index in [2.05, 4.69) is 34.6 Å². The minimum atomic E-state index is -0.640. The molecular weight excluding hydrogens is 348 g/mol. The van der Waals surface area contributed by atoms with Crippen LogP contribution in [0.1, 0.15) is 92.9 Å². The molecule has 2 saturated carbocycles. The van der Waals surface area contributed by atoms with Crippen LogP contribution >= 0.6 is 0 Å². The first-order valence-electron chi connectivity index (χ1n) is 11.4. The summed E-state index contributed by atoms with van der Waals surface area (Å²) >= 11 is 0. The normalized spacial score (nSPS) is 45.9. The predicted octanol–water partition coefficient (Wildman–Crippen LogP) is 6.03. The molecule has 2 fully saturated rings. The molecule has 0 aromatic rings. The number of ketones is 1. The van der Waals surface area contributed by atoms with E-state index in [0.29, 0.717) is 18.1 Å². The molecule has 28 heavy (non-hydrogen) atoms. The highest BCUT2D eigenvalue weighted by atomic mass is 16.4. The van der Waals surface area contributed by atoms with Crippen LogP contribution in [0.2, 0.25) is 0 Å². The number of allylic oxidation sites excluding steroid dienone is 2. The maximum atomic E-state index is 12.7. The van der Waals surface area contributed by atoms with Gasteiger partial charge in [0.25, 0.3) is 0 Å². The van der Waals surface area contributed by atoms with Gasteiger partial charge in [0, 0.05) is 11.8 Å². The van der Waals surface area contributed by atoms with Crippen molar-refractivity contribution in [3.63, 3.8) is 0 Å². The van der Waals surface area contributed by atoms with Crippen LogP contribution in [0.3, 0.4) is 0 Å². The Kier molecular flexibility index (Phi) is 4.29. The van der Waals surface area contributed by atoms with E-state index in [4.69, 9.17) is 0 Å². The lowest BCUT2D eigenvalue weighted by Gasteiger charge is -2.60. The Morgan fingerprint density at radius 1 is 0.964 bits per heavy atom. The fourth-order valence-corrected chi connectivity index (χ4v) is 8.50. The van der Waals surface area contributed by atoms with Crippen molar-refractivity contribution in [2.45, 2.75) is 92.9 Å². The summed E-state index contributed by atoms with van der Waals surface area (Å²) in [5.41, 5.74) is 3.44. The number of fused-ring (bicyclic) bond motifs is 4. The second-order valence-electron chi connectivity index (χ2n) is 11.6. The van der Waals surface area contributed by atoms with Crippen LogP contribution in [0, 0.1) is 39.4 Å². The Morgan fingerprint density at radius 2 is 1.64 bits per heavy atom. The van der Waals surface area contributed by atoms with E-state index in [1.54, 1.807) is 11.1 Å². The summed E-state index contributed by atoms with van der Waals surface area (Å²) in [6, 6.07) is 0. The van der Waals surface area contributed by atoms with Crippen LogP contribution in [0.4, 0.5) is 0 Å². The molecule has 3 nitrogen and oxygen atoms in total. The number of rotatable bonds is 2. The quantitative estimate of drug-likeness (QED) is 0.590. The Bertz CT molecular complexity index is 762. The molecule has 0 saturated heterocycles. The van der Waals surface area contributed by atoms with Crippen LogP contribution < -0.4 is 0 Å². The second kappa shape index (κ2) is 5.95. The van der Waals surface area contributed by atoms with Crippen molar-refractivity contribution in [2.24, 2.45) is 39.4 Å². The maximum absolute atomic E-state index is 12.7. The van der Waals surface area contributed by atoms with Gasteiger partial charge in [0.15, 0.2) is 0 Å². The fourth-order valence-electron chi connectivity index (χ4n) is 8.50. The molecule has 4 aliphatic carbocycles. The van der Waals surface area contributed by atoms with Crippen molar-refractivity contribution in [3.8, 4) is 0 Å². The number of carboxylic acids is 1. The van der Waals surface area contributed by atoms with Crippen LogP contribution in [0.15, 0.2) is 11.1 Å². The van der Waals surface area contributed by atoms with Gasteiger partial charge < -0.3 is 5.11 Å². The van der Waals surface area contributed by atoms with E-state index in [1.807, 2.05) is 6.92 Å². The summed E-state index contributed by atoms with van der Waals surface area (Å²) in [5, 5.41) is 9.70. The molecule has 0 aliphatic heterocycles. The number of aliphatic carboxylic acids is 1. The molecule has 156 valence electrons. The van der Waals surface area contributed by atoms with Gasteiger partial charge >= 0.3 is 5.97 Å². The molecule has 0 heterocycles. The van der Waals surface area contributed by atoms with E-state index in [9.17, 15) is 14.7 Å². The van der Waals surface area contributed by atoms with Gasteiger partial charge in [0.1, 0.15) is 5.78 Å². The predicted molar refractivity (Wildman–Crippen MR) is 111 cm³/mol. The number of Topliss-reactive ketones (excluding diaryl/α,β-unsaturated/α-hetero) is 1. The topological polar surface area (TPSA) is 54.4 Å². The average molecular weight is 387 g/mol. The van der Waals surface area contributed by atoms with Gasteiger partial charge in [-0.1, -0.05) is 52.7 Å². The molecule has 0 radical (unpaired) electrons. The van der Waals surface area contributed by atoms with Crippen molar-refractivity contribution in [3.05, 3.63) is 11.1 Å². The first-order chi connectivity index (χ1) is 12.9. The summed E-state index contributed by atoms with van der Waals surface area (Å²) in [7, 11) is 0. The lowest BCUT2D eigenvalue weighted by atomic mass is 9.43. The molecule has 0 amide bonds. The van der Waals surface area contributed by atoms with Gasteiger partial charge in [-0.3, -0.25) is 9.59 Å². The van der Waals surface area contributed by atoms with Gasteiger partial charge in [0.2, 0.25) is 0 Å². The average Bonchev–Trinajstić information content (AvgIpc) is 2.90. The van der Waals surface area contributed by atoms with Gasteiger partial charge in [-0.05, 0) is 73.0 Å². The molecule has 0 aromatic carbocycles. The second-order valence-corrected chi connectivity index (χ2v) is 11.6. The first-order valence-corrected chi connectivity index (χ1v) is 11.4. The van der Waals surface area contributed by atoms with Gasteiger partial charge in [-0.2, -0.15) is 0 Å². The molecule has 4 rings (SSSR count). The highest BCUT2D eigenvalue weighted by Crippen LogP contribution is 2.72. The van der Waals surface area contributed by atoms with Crippen molar-refractivity contribution < 1.29 is 14.7 Å². The van der Waals surface area contributed by atoms with Crippen LogP contribution in [0.5, 0.6) is 0 Å². The van der Waals surface area contributed by atoms with Crippen molar-refractivity contribution in [1.29, 1.82) is 0 Å². The molecule has 0 unspecified atom stereocenters. The van der Waals surface area contributed by atoms with Crippen molar-refractivity contribution >= 4 is 11.8 Å². The number of hydrogen-bond donors (Lipinski definition) is 1. The molecule has 1 N–H and O–H groups in total. The highest BCUT2D eigenvalue weighted by molar-refractivity contribution is 5.85. The van der Waals surface area contributed by atoms with Crippen LogP contribution in [-0.4, -0.2) is 16.9 Å². The fraction of sp³-hybridized carbons (Fsp3) is 0.840. The van der Waals surface area contributed by atoms with Crippen molar-refractivity contribution in [2.75, 3.05) is 0 Å². The third-order valence-corrected chi connectivity index (χ3v) is 10.6. The van der Waals surface area contributed by atoms with Gasteiger partial charge in [0.05, 0.1) is 5.92 Å². The number of hydrogen-bond acceptors (Lipinski definition) is 2. The van der Waals surface area contributed by atoms with E-state index in [0.717, 1.165) is 44.9 Å². The molecule has 0 bridgehead atoms.